The van der Waals surface area contributed by atoms with Crippen LogP contribution in [0.25, 0.3) is 0 Å². The fourth-order valence-electron chi connectivity index (χ4n) is 6.60. The zero-order valence-corrected chi connectivity index (χ0v) is 36.3. The highest BCUT2D eigenvalue weighted by Crippen LogP contribution is 2.48. The molecule has 1 aromatic rings. The number of benzene rings is 1. The van der Waals surface area contributed by atoms with Crippen molar-refractivity contribution in [2.45, 2.75) is 83.5 Å². The number of hydrogen-bond acceptors (Lipinski definition) is 12. The van der Waals surface area contributed by atoms with Gasteiger partial charge in [-0.2, -0.15) is 25.3 Å². The zero-order valence-electron chi connectivity index (χ0n) is 33.1. The van der Waals surface area contributed by atoms with Crippen molar-refractivity contribution in [3.63, 3.8) is 0 Å². The predicted molar refractivity (Wildman–Crippen MR) is 222 cm³/mol. The minimum atomic E-state index is -4.59. The molecule has 3 aliphatic heterocycles. The third kappa shape index (κ3) is 12.4. The molecule has 1 fully saturated rings. The topological polar surface area (TPSA) is 255 Å². The number of nitrogens with zero attached hydrogens (tertiary/aromatic N) is 4. The maximum atomic E-state index is 12.9. The van der Waals surface area contributed by atoms with Crippen molar-refractivity contribution in [1.29, 1.82) is 0 Å². The summed E-state index contributed by atoms with van der Waals surface area (Å²) in [6.07, 6.45) is 9.70. The van der Waals surface area contributed by atoms with E-state index in [1.54, 1.807) is 62.1 Å². The van der Waals surface area contributed by atoms with Crippen LogP contribution in [0.3, 0.4) is 0 Å². The van der Waals surface area contributed by atoms with Gasteiger partial charge in [-0.3, -0.25) is 28.2 Å². The number of allylic oxidation sites excluding steroid dienone is 9. The number of rotatable bonds is 17. The predicted octanol–water partition coefficient (Wildman–Crippen LogP) is 5.29. The van der Waals surface area contributed by atoms with Gasteiger partial charge in [0, 0.05) is 58.8 Å². The van der Waals surface area contributed by atoms with Gasteiger partial charge in [0.2, 0.25) is 0 Å². The van der Waals surface area contributed by atoms with Crippen molar-refractivity contribution < 1.29 is 58.1 Å². The molecule has 17 nitrogen and oxygen atoms in total. The zero-order chi connectivity index (χ0) is 44.1. The number of halogens is 1. The third-order valence-electron chi connectivity index (χ3n) is 9.83. The molecular weight excluding hydrogens is 852 g/mol. The second kappa shape index (κ2) is 18.5. The van der Waals surface area contributed by atoms with Gasteiger partial charge in [0.05, 0.1) is 28.5 Å². The quantitative estimate of drug-likeness (QED) is 0.0778. The van der Waals surface area contributed by atoms with Crippen LogP contribution in [0, 0.1) is 5.41 Å². The van der Waals surface area contributed by atoms with E-state index in [-0.39, 0.29) is 62.3 Å². The van der Waals surface area contributed by atoms with Gasteiger partial charge in [-0.25, -0.2) is 9.79 Å². The fraction of sp³-hybridized carbons (Fsp3) is 0.447. The highest BCUT2D eigenvalue weighted by molar-refractivity contribution is 7.86. The van der Waals surface area contributed by atoms with Crippen LogP contribution in [-0.4, -0.2) is 97.9 Å². The summed E-state index contributed by atoms with van der Waals surface area (Å²) < 4.78 is 98.3. The van der Waals surface area contributed by atoms with Gasteiger partial charge in [0.1, 0.15) is 0 Å². The third-order valence-corrected chi connectivity index (χ3v) is 12.6. The molecule has 0 aliphatic carbocycles. The molecule has 3 heterocycles. The fourth-order valence-corrected chi connectivity index (χ4v) is 8.21. The Balaban J connectivity index is 1.80. The Hall–Kier alpha value is -4.31. The highest BCUT2D eigenvalue weighted by atomic mass is 35.5. The van der Waals surface area contributed by atoms with Crippen LogP contribution < -0.4 is 4.90 Å². The second-order valence-corrected chi connectivity index (χ2v) is 19.9. The monoisotopic (exact) mass is 898 g/mol. The Morgan fingerprint density at radius 3 is 2.17 bits per heavy atom. The molecule has 0 unspecified atom stereocenters. The summed E-state index contributed by atoms with van der Waals surface area (Å²) in [5, 5.41) is 0.841. The normalized spacial score (nSPS) is 20.8. The van der Waals surface area contributed by atoms with Gasteiger partial charge in [0.15, 0.2) is 5.84 Å². The first-order valence-electron chi connectivity index (χ1n) is 18.4. The molecule has 3 N–H and O–H groups in total. The van der Waals surface area contributed by atoms with Crippen molar-refractivity contribution in [3.8, 4) is 0 Å². The Kier molecular flexibility index (Phi) is 14.9. The van der Waals surface area contributed by atoms with Crippen molar-refractivity contribution in [1.82, 2.24) is 5.06 Å². The van der Waals surface area contributed by atoms with E-state index in [9.17, 15) is 48.7 Å². The summed E-state index contributed by atoms with van der Waals surface area (Å²) in [7, 11) is -13.1. The van der Waals surface area contributed by atoms with E-state index >= 15 is 0 Å². The van der Waals surface area contributed by atoms with Crippen LogP contribution in [0.4, 0.5) is 5.69 Å². The maximum absolute atomic E-state index is 12.9. The lowest BCUT2D eigenvalue weighted by Crippen LogP contribution is -2.31. The average Bonchev–Trinajstić information content (AvgIpc) is 3.64. The number of fused-ring (bicyclic) bond motifs is 1. The Morgan fingerprint density at radius 1 is 0.949 bits per heavy atom. The molecule has 0 radical (unpaired) electrons. The summed E-state index contributed by atoms with van der Waals surface area (Å²) in [6.45, 7) is 9.20. The summed E-state index contributed by atoms with van der Waals surface area (Å²) in [4.78, 5) is 52.9. The van der Waals surface area contributed by atoms with Crippen LogP contribution in [0.2, 0.25) is 0 Å². The largest absolute Gasteiger partial charge is 0.344 e. The molecule has 0 bridgehead atoms. The molecule has 1 saturated heterocycles. The second-order valence-electron chi connectivity index (χ2n) is 14.9. The molecule has 0 aromatic heterocycles. The molecular formula is C38H47ClN4O13S3. The number of amides is 2. The van der Waals surface area contributed by atoms with Crippen LogP contribution in [-0.2, 0) is 55.0 Å². The van der Waals surface area contributed by atoms with E-state index in [0.717, 1.165) is 0 Å². The van der Waals surface area contributed by atoms with Gasteiger partial charge < -0.3 is 9.74 Å². The molecule has 1 aromatic carbocycles. The number of carbonyl (C=O) groups is 3. The lowest BCUT2D eigenvalue weighted by molar-refractivity contribution is -0.197. The Labute approximate surface area is 349 Å². The summed E-state index contributed by atoms with van der Waals surface area (Å²) in [5.41, 5.74) is 1.51. The lowest BCUT2D eigenvalue weighted by Gasteiger charge is -2.27. The van der Waals surface area contributed by atoms with Crippen LogP contribution in [0.5, 0.6) is 0 Å². The van der Waals surface area contributed by atoms with Gasteiger partial charge in [0.25, 0.3) is 42.2 Å². The maximum Gasteiger partial charge on any atom is 0.333 e. The number of amidine groups is 1. The molecule has 3 aliphatic rings. The summed E-state index contributed by atoms with van der Waals surface area (Å²) >= 11 is 6.40. The molecule has 2 amide bonds. The van der Waals surface area contributed by atoms with E-state index in [1.165, 1.54) is 18.2 Å². The van der Waals surface area contributed by atoms with Gasteiger partial charge in [-0.1, -0.05) is 57.5 Å². The van der Waals surface area contributed by atoms with Crippen LogP contribution in [0.15, 0.2) is 91.4 Å². The molecule has 59 heavy (non-hydrogen) atoms. The molecule has 21 heteroatoms. The minimum Gasteiger partial charge on any atom is -0.344 e. The van der Waals surface area contributed by atoms with E-state index in [1.807, 2.05) is 13.8 Å². The highest BCUT2D eigenvalue weighted by Gasteiger charge is 2.41. The first-order valence-corrected chi connectivity index (χ1v) is 23.4. The lowest BCUT2D eigenvalue weighted by atomic mass is 9.80. The summed E-state index contributed by atoms with van der Waals surface area (Å²) in [6, 6.07) is 4.04. The van der Waals surface area contributed by atoms with Crippen molar-refractivity contribution >= 4 is 77.0 Å². The van der Waals surface area contributed by atoms with Crippen molar-refractivity contribution in [2.24, 2.45) is 15.4 Å². The molecule has 0 saturated carbocycles. The van der Waals surface area contributed by atoms with Gasteiger partial charge in [-0.15, -0.1) is 5.06 Å². The molecule has 0 atom stereocenters. The number of hydrogen-bond donors (Lipinski definition) is 3. The van der Waals surface area contributed by atoms with E-state index in [4.69, 9.17) is 26.0 Å². The summed E-state index contributed by atoms with van der Waals surface area (Å²) in [5.74, 6) is -2.90. The van der Waals surface area contributed by atoms with Gasteiger partial charge >= 0.3 is 5.97 Å². The van der Waals surface area contributed by atoms with E-state index < -0.39 is 70.5 Å². The number of aliphatic imine (C=N–C) groups is 2. The smallest absolute Gasteiger partial charge is 0.333 e. The van der Waals surface area contributed by atoms with Gasteiger partial charge in [-0.05, 0) is 73.7 Å². The van der Waals surface area contributed by atoms with Crippen molar-refractivity contribution in [2.75, 3.05) is 29.5 Å². The SMILES string of the molecule is C/C=C(/Cl)C=C1C(=NCCCS(=O)(=O)O)N=C(/C=C/C(=C/C=C2/N(CCCS(=O)(=O)O)c3ccc(S(=O)(=O)O)cc3C2(C)C)CCC(=O)ON2C(=O)CCC2=O)C1(C)C. The molecule has 4 rings (SSSR count). The minimum absolute atomic E-state index is 0.00968. The van der Waals surface area contributed by atoms with Crippen molar-refractivity contribution in [3.05, 3.63) is 82.1 Å². The van der Waals surface area contributed by atoms with Crippen LogP contribution >= 0.6 is 11.6 Å². The van der Waals surface area contributed by atoms with E-state index in [0.29, 0.717) is 43.9 Å². The Bertz CT molecular complexity index is 2430. The number of imide groups is 1. The standard InChI is InChI=1S/C38H47ClN4O13S3/c1-6-26(39)23-29-36(40-19-7-21-57(47,48)49)41-31(37(29,2)3)14-9-25(11-18-35(46)56-43-33(44)16-17-34(43)45)10-15-32-38(4,5)28-24-27(59(53,54)55)12-13-30(28)42(32)20-8-22-58(50,51)52/h6,9-10,12-15,23-24H,7-8,11,16-22H2,1-5H3,(H,47,48,49)(H,50,51,52)(H,53,54,55)/b14-9+,25-10-,26-6+,29-23?,32-15+,40-36?. The Morgan fingerprint density at radius 2 is 1.58 bits per heavy atom. The van der Waals surface area contributed by atoms with Crippen LogP contribution in [0.1, 0.15) is 78.7 Å². The first kappa shape index (κ1) is 47.4. The molecule has 322 valence electrons. The first-order chi connectivity index (χ1) is 27.2. The number of hydroxylamine groups is 2. The number of carbonyl (C=O) groups excluding carboxylic acids is 3. The van der Waals surface area contributed by atoms with E-state index in [2.05, 4.69) is 4.99 Å². The molecule has 0 spiro atoms. The average molecular weight is 899 g/mol. The number of anilines is 1.